The molecule has 0 heterocycles. The summed E-state index contributed by atoms with van der Waals surface area (Å²) < 4.78 is 14.7. The van der Waals surface area contributed by atoms with Crippen molar-refractivity contribution in [2.75, 3.05) is 0 Å². The zero-order valence-electron chi connectivity index (χ0n) is 17.9. The molecular weight excluding hydrogens is 391 g/mol. The van der Waals surface area contributed by atoms with Crippen LogP contribution >= 0.6 is 7.14 Å². The van der Waals surface area contributed by atoms with Crippen molar-refractivity contribution in [3.05, 3.63) is 100 Å². The minimum atomic E-state index is -4.12. The summed E-state index contributed by atoms with van der Waals surface area (Å²) in [5.41, 5.74) is 2.67. The molecule has 0 spiro atoms. The molecule has 3 aromatic rings. The first-order valence-corrected chi connectivity index (χ1v) is 12.0. The average molecular weight is 418 g/mol. The van der Waals surface area contributed by atoms with Gasteiger partial charge >= 0.3 is 0 Å². The Morgan fingerprint density at radius 1 is 0.733 bits per heavy atom. The van der Waals surface area contributed by atoms with Crippen LogP contribution in [0, 0.1) is 13.8 Å². The summed E-state index contributed by atoms with van der Waals surface area (Å²) in [6, 6.07) is 19.7. The number of benzene rings is 3. The van der Waals surface area contributed by atoms with E-state index in [-0.39, 0.29) is 0 Å². The Morgan fingerprint density at radius 2 is 1.23 bits per heavy atom. The van der Waals surface area contributed by atoms with Crippen LogP contribution in [0.2, 0.25) is 0 Å². The van der Waals surface area contributed by atoms with Crippen molar-refractivity contribution >= 4 is 23.5 Å². The van der Waals surface area contributed by atoms with Crippen LogP contribution in [0.3, 0.4) is 0 Å². The van der Waals surface area contributed by atoms with Gasteiger partial charge in [-0.2, -0.15) is 0 Å². The lowest BCUT2D eigenvalue weighted by molar-refractivity contribution is 0.104. The van der Waals surface area contributed by atoms with Gasteiger partial charge in [-0.3, -0.25) is 9.59 Å². The van der Waals surface area contributed by atoms with Crippen LogP contribution in [0.5, 0.6) is 0 Å². The van der Waals surface area contributed by atoms with Crippen LogP contribution in [0.25, 0.3) is 0 Å². The van der Waals surface area contributed by atoms with Crippen molar-refractivity contribution in [3.63, 3.8) is 0 Å². The molecule has 4 heteroatoms. The first kappa shape index (κ1) is 21.9. The minimum Gasteiger partial charge on any atom is -0.302 e. The second kappa shape index (κ2) is 8.93. The van der Waals surface area contributed by atoms with Gasteiger partial charge < -0.3 is 4.57 Å². The van der Waals surface area contributed by atoms with E-state index in [0.717, 1.165) is 17.5 Å². The number of hydrogen-bond acceptors (Lipinski definition) is 3. The van der Waals surface area contributed by atoms with Crippen molar-refractivity contribution in [1.82, 2.24) is 0 Å². The first-order chi connectivity index (χ1) is 14.3. The fraction of sp³-hybridized carbons (Fsp3) is 0.231. The van der Waals surface area contributed by atoms with Crippen molar-refractivity contribution < 1.29 is 14.2 Å². The molecule has 0 aliphatic heterocycles. The zero-order chi connectivity index (χ0) is 21.9. The molecule has 0 saturated heterocycles. The van der Waals surface area contributed by atoms with Gasteiger partial charge in [0, 0.05) is 16.4 Å². The van der Waals surface area contributed by atoms with Crippen molar-refractivity contribution in [1.29, 1.82) is 0 Å². The molecule has 0 bridgehead atoms. The van der Waals surface area contributed by atoms with Gasteiger partial charge in [-0.25, -0.2) is 0 Å². The summed E-state index contributed by atoms with van der Waals surface area (Å²) in [5.74, 6) is 0. The van der Waals surface area contributed by atoms with Crippen molar-refractivity contribution in [3.8, 4) is 0 Å². The van der Waals surface area contributed by atoms with Gasteiger partial charge in [0.2, 0.25) is 18.2 Å². The molecule has 0 fully saturated rings. The maximum absolute atomic E-state index is 14.7. The van der Waals surface area contributed by atoms with E-state index in [1.54, 1.807) is 56.3 Å². The highest BCUT2D eigenvalue weighted by molar-refractivity contribution is 8.01. The number of hydrogen-bond donors (Lipinski definition) is 0. The van der Waals surface area contributed by atoms with E-state index >= 15 is 0 Å². The third-order valence-corrected chi connectivity index (χ3v) is 8.32. The van der Waals surface area contributed by atoms with E-state index in [1.807, 2.05) is 38.1 Å². The predicted octanol–water partition coefficient (Wildman–Crippen LogP) is 6.10. The quantitative estimate of drug-likeness (QED) is 0.436. The van der Waals surface area contributed by atoms with Gasteiger partial charge in [0.05, 0.1) is 0 Å². The summed E-state index contributed by atoms with van der Waals surface area (Å²) in [4.78, 5) is 27.6. The molecule has 0 atom stereocenters. The molecule has 0 unspecified atom stereocenters. The lowest BCUT2D eigenvalue weighted by atomic mass is 10.1. The predicted molar refractivity (Wildman–Crippen MR) is 123 cm³/mol. The molecule has 3 aromatic carbocycles. The van der Waals surface area contributed by atoms with E-state index in [9.17, 15) is 14.2 Å². The molecule has 0 saturated carbocycles. The standard InChI is InChI=1S/C26H27O3P/c1-5-20-15-16-21(6-2)24(17-20)30(29,25(27)22-13-9-7-11-18(22)3)26(28)23-14-10-8-12-19(23)4/h7-17H,5-6H2,1-4H3. The third-order valence-electron chi connectivity index (χ3n) is 5.60. The van der Waals surface area contributed by atoms with Gasteiger partial charge in [0.15, 0.2) is 0 Å². The Balaban J connectivity index is 2.34. The van der Waals surface area contributed by atoms with Gasteiger partial charge in [-0.15, -0.1) is 0 Å². The maximum Gasteiger partial charge on any atom is 0.248 e. The molecule has 154 valence electrons. The second-order valence-corrected chi connectivity index (χ2v) is 10.0. The summed E-state index contributed by atoms with van der Waals surface area (Å²) in [6.07, 6.45) is 1.32. The second-order valence-electron chi connectivity index (χ2n) is 7.52. The Morgan fingerprint density at radius 3 is 1.67 bits per heavy atom. The topological polar surface area (TPSA) is 51.2 Å². The molecule has 0 amide bonds. The van der Waals surface area contributed by atoms with E-state index in [1.165, 1.54) is 0 Å². The Labute approximate surface area is 178 Å². The summed E-state index contributed by atoms with van der Waals surface area (Å²) in [7, 11) is -4.12. The van der Waals surface area contributed by atoms with Crippen LogP contribution in [-0.2, 0) is 17.4 Å². The summed E-state index contributed by atoms with van der Waals surface area (Å²) >= 11 is 0. The Kier molecular flexibility index (Phi) is 6.53. The number of carbonyl (C=O) groups excluding carboxylic acids is 2. The Hall–Kier alpha value is -2.77. The van der Waals surface area contributed by atoms with Gasteiger partial charge in [-0.05, 0) is 55.0 Å². The highest BCUT2D eigenvalue weighted by Gasteiger charge is 2.44. The van der Waals surface area contributed by atoms with Crippen LogP contribution in [0.4, 0.5) is 0 Å². The van der Waals surface area contributed by atoms with Crippen LogP contribution in [0.1, 0.15) is 56.8 Å². The molecule has 0 aromatic heterocycles. The van der Waals surface area contributed by atoms with Crippen molar-refractivity contribution in [2.45, 2.75) is 40.5 Å². The summed E-state index contributed by atoms with van der Waals surface area (Å²) in [5, 5.41) is 0.380. The average Bonchev–Trinajstić information content (AvgIpc) is 2.77. The van der Waals surface area contributed by atoms with Crippen LogP contribution in [-0.4, -0.2) is 11.0 Å². The SMILES string of the molecule is CCc1ccc(CC)c(P(=O)(C(=O)c2ccccc2C)C(=O)c2ccccc2C)c1. The van der Waals surface area contributed by atoms with Crippen molar-refractivity contribution in [2.24, 2.45) is 0 Å². The largest absolute Gasteiger partial charge is 0.302 e. The monoisotopic (exact) mass is 418 g/mol. The highest BCUT2D eigenvalue weighted by atomic mass is 31.2. The lowest BCUT2D eigenvalue weighted by Crippen LogP contribution is -2.24. The summed E-state index contributed by atoms with van der Waals surface area (Å²) in [6.45, 7) is 7.56. The molecule has 3 rings (SSSR count). The molecule has 3 nitrogen and oxygen atoms in total. The van der Waals surface area contributed by atoms with E-state index in [2.05, 4.69) is 0 Å². The van der Waals surface area contributed by atoms with E-state index in [4.69, 9.17) is 0 Å². The third kappa shape index (κ3) is 3.82. The van der Waals surface area contributed by atoms with Gasteiger partial charge in [0.1, 0.15) is 0 Å². The molecule has 0 aliphatic rings. The molecular formula is C26H27O3P. The molecule has 0 radical (unpaired) electrons. The maximum atomic E-state index is 14.7. The van der Waals surface area contributed by atoms with Crippen LogP contribution in [0.15, 0.2) is 66.7 Å². The minimum absolute atomic E-state index is 0.340. The molecule has 30 heavy (non-hydrogen) atoms. The smallest absolute Gasteiger partial charge is 0.248 e. The number of carbonyl (C=O) groups is 2. The fourth-order valence-corrected chi connectivity index (χ4v) is 6.48. The molecule has 0 aliphatic carbocycles. The van der Waals surface area contributed by atoms with Crippen LogP contribution < -0.4 is 5.30 Å². The van der Waals surface area contributed by atoms with Gasteiger partial charge in [0.25, 0.3) is 0 Å². The fourth-order valence-electron chi connectivity index (χ4n) is 3.70. The number of aryl methyl sites for hydroxylation is 4. The van der Waals surface area contributed by atoms with Gasteiger partial charge in [-0.1, -0.05) is 74.5 Å². The normalized spacial score (nSPS) is 11.3. The lowest BCUT2D eigenvalue weighted by Gasteiger charge is -2.21. The number of rotatable bonds is 7. The Bertz CT molecular complexity index is 1100. The van der Waals surface area contributed by atoms with E-state index < -0.39 is 18.2 Å². The zero-order valence-corrected chi connectivity index (χ0v) is 18.8. The first-order valence-electron chi connectivity index (χ1n) is 10.3. The highest BCUT2D eigenvalue weighted by Crippen LogP contribution is 2.52. The van der Waals surface area contributed by atoms with E-state index in [0.29, 0.717) is 34.0 Å². The molecule has 0 N–H and O–H groups in total.